The first kappa shape index (κ1) is 21.4. The molecule has 3 heterocycles. The van der Waals surface area contributed by atoms with Crippen LogP contribution in [-0.2, 0) is 11.0 Å². The van der Waals surface area contributed by atoms with E-state index in [0.29, 0.717) is 43.2 Å². The number of hydrogen-bond donors (Lipinski definition) is 0. The fourth-order valence-electron chi connectivity index (χ4n) is 3.66. The SMILES string of the molecule is COc1ccc2c(c1)N(CN1CCN(c3ncc(C(F)(F)F)cc3Cl)CC1)C(=O)C2=O. The van der Waals surface area contributed by atoms with Crippen molar-refractivity contribution in [2.45, 2.75) is 6.18 Å². The van der Waals surface area contributed by atoms with Crippen LogP contribution in [0.5, 0.6) is 5.75 Å². The quantitative estimate of drug-likeness (QED) is 0.662. The third-order valence-electron chi connectivity index (χ3n) is 5.34. The standard InChI is InChI=1S/C20H18ClF3N4O3/c1-31-13-2-3-14-16(9-13)28(19(30)17(14)29)11-26-4-6-27(7-5-26)18-15(21)8-12(10-25-18)20(22,23)24/h2-3,8-10H,4-7,11H2,1H3. The topological polar surface area (TPSA) is 66.0 Å². The van der Waals surface area contributed by atoms with Crippen molar-refractivity contribution in [1.29, 1.82) is 0 Å². The molecule has 0 unspecified atom stereocenters. The van der Waals surface area contributed by atoms with Gasteiger partial charge in [-0.3, -0.25) is 19.4 Å². The molecular weight excluding hydrogens is 437 g/mol. The number of rotatable bonds is 4. The number of pyridine rings is 1. The van der Waals surface area contributed by atoms with Crippen LogP contribution in [0.1, 0.15) is 15.9 Å². The number of carbonyl (C=O) groups is 2. The molecule has 1 amide bonds. The van der Waals surface area contributed by atoms with E-state index < -0.39 is 23.4 Å². The monoisotopic (exact) mass is 454 g/mol. The number of alkyl halides is 3. The fraction of sp³-hybridized carbons (Fsp3) is 0.350. The molecule has 0 bridgehead atoms. The highest BCUT2D eigenvalue weighted by atomic mass is 35.5. The Morgan fingerprint density at radius 1 is 1.13 bits per heavy atom. The van der Waals surface area contributed by atoms with E-state index in [0.717, 1.165) is 12.3 Å². The second kappa shape index (κ2) is 8.01. The Morgan fingerprint density at radius 3 is 2.45 bits per heavy atom. The average Bonchev–Trinajstić information content (AvgIpc) is 2.98. The summed E-state index contributed by atoms with van der Waals surface area (Å²) in [5.74, 6) is -0.328. The van der Waals surface area contributed by atoms with Crippen LogP contribution >= 0.6 is 11.6 Å². The van der Waals surface area contributed by atoms with Gasteiger partial charge in [0.15, 0.2) is 0 Å². The van der Waals surface area contributed by atoms with Crippen molar-refractivity contribution in [2.75, 3.05) is 49.8 Å². The number of aromatic nitrogens is 1. The average molecular weight is 455 g/mol. The Bertz CT molecular complexity index is 1040. The second-order valence-electron chi connectivity index (χ2n) is 7.22. The first-order valence-corrected chi connectivity index (χ1v) is 9.81. The molecule has 0 spiro atoms. The Kier molecular flexibility index (Phi) is 5.52. The molecule has 0 aliphatic carbocycles. The molecule has 0 N–H and O–H groups in total. The van der Waals surface area contributed by atoms with E-state index in [2.05, 4.69) is 4.98 Å². The van der Waals surface area contributed by atoms with Gasteiger partial charge in [-0.15, -0.1) is 0 Å². The van der Waals surface area contributed by atoms with E-state index in [9.17, 15) is 22.8 Å². The summed E-state index contributed by atoms with van der Waals surface area (Å²) >= 11 is 6.04. The Balaban J connectivity index is 1.44. The number of benzene rings is 1. The van der Waals surface area contributed by atoms with Crippen LogP contribution in [0, 0.1) is 0 Å². The zero-order valence-corrected chi connectivity index (χ0v) is 17.2. The summed E-state index contributed by atoms with van der Waals surface area (Å²) in [4.78, 5) is 33.8. The van der Waals surface area contributed by atoms with Crippen molar-refractivity contribution < 1.29 is 27.5 Å². The van der Waals surface area contributed by atoms with Crippen molar-refractivity contribution in [3.63, 3.8) is 0 Å². The zero-order valence-electron chi connectivity index (χ0n) is 16.4. The van der Waals surface area contributed by atoms with Gasteiger partial charge in [-0.2, -0.15) is 13.2 Å². The third-order valence-corrected chi connectivity index (χ3v) is 5.62. The fourth-order valence-corrected chi connectivity index (χ4v) is 3.95. The first-order valence-electron chi connectivity index (χ1n) is 9.43. The van der Waals surface area contributed by atoms with Crippen LogP contribution < -0.4 is 14.5 Å². The molecule has 1 saturated heterocycles. The lowest BCUT2D eigenvalue weighted by molar-refractivity contribution is -0.137. The van der Waals surface area contributed by atoms with E-state index in [4.69, 9.17) is 16.3 Å². The zero-order chi connectivity index (χ0) is 22.3. The van der Waals surface area contributed by atoms with Crippen molar-refractivity contribution in [3.8, 4) is 5.75 Å². The maximum Gasteiger partial charge on any atom is 0.417 e. The number of carbonyl (C=O) groups excluding carboxylic acids is 2. The number of methoxy groups -OCH3 is 1. The van der Waals surface area contributed by atoms with Crippen molar-refractivity contribution in [3.05, 3.63) is 46.6 Å². The molecule has 2 aliphatic rings. The normalized spacial score (nSPS) is 17.3. The van der Waals surface area contributed by atoms with Gasteiger partial charge in [-0.05, 0) is 18.2 Å². The van der Waals surface area contributed by atoms with E-state index in [1.165, 1.54) is 12.0 Å². The number of halogens is 4. The summed E-state index contributed by atoms with van der Waals surface area (Å²) < 4.78 is 43.6. The van der Waals surface area contributed by atoms with Gasteiger partial charge in [0, 0.05) is 38.4 Å². The molecule has 1 aromatic carbocycles. The molecular formula is C20H18ClF3N4O3. The van der Waals surface area contributed by atoms with Gasteiger partial charge in [-0.25, -0.2) is 4.98 Å². The molecule has 0 saturated carbocycles. The molecule has 164 valence electrons. The summed E-state index contributed by atoms with van der Waals surface area (Å²) in [6, 6.07) is 5.73. The highest BCUT2D eigenvalue weighted by molar-refractivity contribution is 6.52. The molecule has 0 radical (unpaired) electrons. The summed E-state index contributed by atoms with van der Waals surface area (Å²) in [5, 5.41) is -0.0652. The van der Waals surface area contributed by atoms with E-state index in [1.54, 1.807) is 23.1 Å². The maximum absolute atomic E-state index is 12.8. The molecule has 7 nitrogen and oxygen atoms in total. The Labute approximate surface area is 180 Å². The predicted molar refractivity (Wildman–Crippen MR) is 108 cm³/mol. The minimum atomic E-state index is -4.51. The van der Waals surface area contributed by atoms with Crippen molar-refractivity contribution in [1.82, 2.24) is 9.88 Å². The molecule has 1 fully saturated rings. The van der Waals surface area contributed by atoms with Gasteiger partial charge in [-0.1, -0.05) is 11.6 Å². The Morgan fingerprint density at radius 2 is 1.84 bits per heavy atom. The molecule has 1 aromatic heterocycles. The number of anilines is 2. The van der Waals surface area contributed by atoms with E-state index in [1.807, 2.05) is 4.90 Å². The maximum atomic E-state index is 12.8. The number of piperazine rings is 1. The van der Waals surface area contributed by atoms with Gasteiger partial charge < -0.3 is 9.64 Å². The predicted octanol–water partition coefficient (Wildman–Crippen LogP) is 3.07. The highest BCUT2D eigenvalue weighted by Gasteiger charge is 2.37. The molecule has 2 aliphatic heterocycles. The van der Waals surface area contributed by atoms with Crippen molar-refractivity contribution in [2.24, 2.45) is 0 Å². The van der Waals surface area contributed by atoms with Crippen LogP contribution in [0.25, 0.3) is 0 Å². The van der Waals surface area contributed by atoms with E-state index >= 15 is 0 Å². The second-order valence-corrected chi connectivity index (χ2v) is 7.63. The summed E-state index contributed by atoms with van der Waals surface area (Å²) in [7, 11) is 1.50. The number of ketones is 1. The van der Waals surface area contributed by atoms with Gasteiger partial charge in [0.1, 0.15) is 11.6 Å². The molecule has 31 heavy (non-hydrogen) atoms. The van der Waals surface area contributed by atoms with Crippen LogP contribution in [-0.4, -0.2) is 61.5 Å². The molecule has 2 aromatic rings. The number of ether oxygens (including phenoxy) is 1. The van der Waals surface area contributed by atoms with Gasteiger partial charge >= 0.3 is 12.1 Å². The number of fused-ring (bicyclic) bond motifs is 1. The number of nitrogens with zero attached hydrogens (tertiary/aromatic N) is 4. The van der Waals surface area contributed by atoms with E-state index in [-0.39, 0.29) is 17.5 Å². The van der Waals surface area contributed by atoms with Gasteiger partial charge in [0.05, 0.1) is 35.6 Å². The van der Waals surface area contributed by atoms with Crippen LogP contribution in [0.4, 0.5) is 24.7 Å². The molecule has 0 atom stereocenters. The third kappa shape index (κ3) is 4.05. The lowest BCUT2D eigenvalue weighted by Gasteiger charge is -2.37. The number of Topliss-reactive ketones (excluding diaryl/α,β-unsaturated/α-hetero) is 1. The minimum absolute atomic E-state index is 0.0652. The van der Waals surface area contributed by atoms with Crippen LogP contribution in [0.3, 0.4) is 0 Å². The molecule has 4 rings (SSSR count). The van der Waals surface area contributed by atoms with Gasteiger partial charge in [0.2, 0.25) is 0 Å². The lowest BCUT2D eigenvalue weighted by atomic mass is 10.1. The number of amides is 1. The summed E-state index contributed by atoms with van der Waals surface area (Å²) in [5.41, 5.74) is -0.0550. The molecule has 11 heteroatoms. The largest absolute Gasteiger partial charge is 0.497 e. The summed E-state index contributed by atoms with van der Waals surface area (Å²) in [6.07, 6.45) is -3.74. The van der Waals surface area contributed by atoms with Crippen LogP contribution in [0.2, 0.25) is 5.02 Å². The minimum Gasteiger partial charge on any atom is -0.497 e. The smallest absolute Gasteiger partial charge is 0.417 e. The van der Waals surface area contributed by atoms with Crippen LogP contribution in [0.15, 0.2) is 30.5 Å². The summed E-state index contributed by atoms with van der Waals surface area (Å²) in [6.45, 7) is 2.15. The van der Waals surface area contributed by atoms with Gasteiger partial charge in [0.25, 0.3) is 5.78 Å². The highest BCUT2D eigenvalue weighted by Crippen LogP contribution is 2.35. The lowest BCUT2D eigenvalue weighted by Crippen LogP contribution is -2.51. The van der Waals surface area contributed by atoms with Crippen molar-refractivity contribution >= 4 is 34.8 Å². The number of hydrogen-bond acceptors (Lipinski definition) is 6. The first-order chi connectivity index (χ1) is 14.7. The Hall–Kier alpha value is -2.85.